The minimum atomic E-state index is -1.16. The van der Waals surface area contributed by atoms with Gasteiger partial charge in [0.25, 0.3) is 0 Å². The van der Waals surface area contributed by atoms with Crippen molar-refractivity contribution in [1.82, 2.24) is 9.80 Å². The van der Waals surface area contributed by atoms with E-state index in [0.29, 0.717) is 13.1 Å². The highest BCUT2D eigenvalue weighted by atomic mass is 16.5. The van der Waals surface area contributed by atoms with Gasteiger partial charge in [0.05, 0.1) is 19.6 Å². The number of fused-ring (bicyclic) bond motifs is 3. The van der Waals surface area contributed by atoms with Crippen molar-refractivity contribution in [3.8, 4) is 11.1 Å². The number of hydrogen-bond donors (Lipinski definition) is 1. The van der Waals surface area contributed by atoms with Crippen molar-refractivity contribution in [3.63, 3.8) is 0 Å². The molecule has 0 aromatic heterocycles. The molecule has 1 fully saturated rings. The number of carboxylic acid groups (broad SMARTS) is 1. The van der Waals surface area contributed by atoms with E-state index >= 15 is 0 Å². The third-order valence-electron chi connectivity index (χ3n) is 5.87. The number of methoxy groups -OCH3 is 1. The number of carboxylic acids is 1. The lowest BCUT2D eigenvalue weighted by molar-refractivity contribution is -0.145. The molecule has 2 aromatic carbocycles. The van der Waals surface area contributed by atoms with Crippen molar-refractivity contribution in [2.24, 2.45) is 0 Å². The number of likely N-dealkylation sites (tertiary alicyclic amines) is 1. The molecular formula is C23H24N2O5. The van der Waals surface area contributed by atoms with Crippen molar-refractivity contribution in [1.29, 1.82) is 0 Å². The summed E-state index contributed by atoms with van der Waals surface area (Å²) >= 11 is 0. The molecule has 2 amide bonds. The Morgan fingerprint density at radius 2 is 1.57 bits per heavy atom. The molecule has 1 aliphatic carbocycles. The van der Waals surface area contributed by atoms with Crippen LogP contribution in [0.2, 0.25) is 0 Å². The number of benzene rings is 2. The molecule has 0 spiro atoms. The fourth-order valence-corrected chi connectivity index (χ4v) is 4.56. The van der Waals surface area contributed by atoms with E-state index in [1.807, 2.05) is 48.5 Å². The maximum absolute atomic E-state index is 13.3. The van der Waals surface area contributed by atoms with Gasteiger partial charge < -0.3 is 14.7 Å². The highest BCUT2D eigenvalue weighted by Crippen LogP contribution is 2.47. The molecule has 1 aliphatic heterocycles. The molecule has 1 saturated heterocycles. The summed E-state index contributed by atoms with van der Waals surface area (Å²) in [5, 5.41) is 9.56. The topological polar surface area (TPSA) is 87.1 Å². The van der Waals surface area contributed by atoms with Crippen LogP contribution in [0.5, 0.6) is 0 Å². The van der Waals surface area contributed by atoms with E-state index in [-0.39, 0.29) is 5.91 Å². The summed E-state index contributed by atoms with van der Waals surface area (Å²) in [6.07, 6.45) is 0.550. The maximum Gasteiger partial charge on any atom is 0.410 e. The number of ether oxygens (including phenoxy) is 1. The average Bonchev–Trinajstić information content (AvgIpc) is 3.40. The first-order chi connectivity index (χ1) is 14.5. The van der Waals surface area contributed by atoms with Crippen LogP contribution in [-0.2, 0) is 14.3 Å². The molecule has 156 valence electrons. The smallest absolute Gasteiger partial charge is 0.410 e. The van der Waals surface area contributed by atoms with Crippen LogP contribution >= 0.6 is 0 Å². The third-order valence-corrected chi connectivity index (χ3v) is 5.87. The van der Waals surface area contributed by atoms with Crippen LogP contribution in [-0.4, -0.2) is 59.1 Å². The summed E-state index contributed by atoms with van der Waals surface area (Å²) in [6.45, 7) is 1.14. The van der Waals surface area contributed by atoms with Crippen LogP contribution in [0.25, 0.3) is 11.1 Å². The summed E-state index contributed by atoms with van der Waals surface area (Å²) in [5.74, 6) is -1.48. The lowest BCUT2D eigenvalue weighted by Crippen LogP contribution is -2.52. The highest BCUT2D eigenvalue weighted by Gasteiger charge is 2.44. The van der Waals surface area contributed by atoms with Gasteiger partial charge in [0.15, 0.2) is 0 Å². The van der Waals surface area contributed by atoms with Gasteiger partial charge >= 0.3 is 12.1 Å². The van der Waals surface area contributed by atoms with Crippen LogP contribution in [0, 0.1) is 0 Å². The van der Waals surface area contributed by atoms with Gasteiger partial charge in [0.1, 0.15) is 6.04 Å². The SMILES string of the molecule is COC(=O)N(C1c2ccccc2-c2ccccc21)[C@@H](CC(=O)O)C(=O)N1CCCC1. The zero-order valence-electron chi connectivity index (χ0n) is 16.8. The lowest BCUT2D eigenvalue weighted by Gasteiger charge is -2.36. The summed E-state index contributed by atoms with van der Waals surface area (Å²) in [5.41, 5.74) is 3.65. The summed E-state index contributed by atoms with van der Waals surface area (Å²) in [7, 11) is 1.25. The van der Waals surface area contributed by atoms with Gasteiger partial charge in [0.2, 0.25) is 5.91 Å². The Kier molecular flexibility index (Phi) is 5.44. The van der Waals surface area contributed by atoms with Gasteiger partial charge in [-0.05, 0) is 35.1 Å². The Labute approximate surface area is 174 Å². The normalized spacial score (nSPS) is 16.0. The Morgan fingerprint density at radius 3 is 2.07 bits per heavy atom. The van der Waals surface area contributed by atoms with E-state index in [9.17, 15) is 19.5 Å². The standard InChI is InChI=1S/C23H24N2O5/c1-30-23(29)25(19(14-20(26)27)22(28)24-12-6-7-13-24)21-17-10-4-2-8-15(17)16-9-3-5-11-18(16)21/h2-5,8-11,19,21H,6-7,12-14H2,1H3,(H,26,27)/t19-/m0/s1. The summed E-state index contributed by atoms with van der Waals surface area (Å²) in [6, 6.07) is 13.6. The van der Waals surface area contributed by atoms with Crippen LogP contribution in [0.1, 0.15) is 36.4 Å². The predicted octanol–water partition coefficient (Wildman–Crippen LogP) is 3.29. The van der Waals surface area contributed by atoms with Crippen LogP contribution < -0.4 is 0 Å². The Morgan fingerprint density at radius 1 is 1.03 bits per heavy atom. The molecule has 0 unspecified atom stereocenters. The van der Waals surface area contributed by atoms with Crippen molar-refractivity contribution in [3.05, 3.63) is 59.7 Å². The van der Waals surface area contributed by atoms with Crippen molar-refractivity contribution < 1.29 is 24.2 Å². The zero-order valence-corrected chi connectivity index (χ0v) is 16.8. The highest BCUT2D eigenvalue weighted by molar-refractivity contribution is 5.91. The second-order valence-electron chi connectivity index (χ2n) is 7.60. The van der Waals surface area contributed by atoms with Gasteiger partial charge in [-0.2, -0.15) is 0 Å². The average molecular weight is 408 g/mol. The van der Waals surface area contributed by atoms with Gasteiger partial charge in [0, 0.05) is 13.1 Å². The first-order valence-corrected chi connectivity index (χ1v) is 10.1. The van der Waals surface area contributed by atoms with Crippen molar-refractivity contribution in [2.75, 3.05) is 20.2 Å². The molecule has 0 radical (unpaired) electrons. The quantitative estimate of drug-likeness (QED) is 0.820. The molecule has 2 aliphatic rings. The van der Waals surface area contributed by atoms with Crippen LogP contribution in [0.3, 0.4) is 0 Å². The fraction of sp³-hybridized carbons (Fsp3) is 0.348. The molecule has 30 heavy (non-hydrogen) atoms. The third kappa shape index (κ3) is 3.40. The number of amides is 2. The monoisotopic (exact) mass is 408 g/mol. The molecule has 7 heteroatoms. The molecule has 1 N–H and O–H groups in total. The number of nitrogens with zero attached hydrogens (tertiary/aromatic N) is 2. The van der Waals surface area contributed by atoms with E-state index in [1.54, 1.807) is 4.90 Å². The second kappa shape index (κ2) is 8.18. The van der Waals surface area contributed by atoms with Crippen molar-refractivity contribution in [2.45, 2.75) is 31.3 Å². The van der Waals surface area contributed by atoms with Gasteiger partial charge in [-0.1, -0.05) is 48.5 Å². The first-order valence-electron chi connectivity index (χ1n) is 10.1. The van der Waals surface area contributed by atoms with Crippen molar-refractivity contribution >= 4 is 18.0 Å². The van der Waals surface area contributed by atoms with Crippen LogP contribution in [0.4, 0.5) is 4.79 Å². The number of carbonyl (C=O) groups is 3. The molecule has 0 bridgehead atoms. The molecule has 0 saturated carbocycles. The number of rotatable bonds is 5. The summed E-state index contributed by atoms with van der Waals surface area (Å²) < 4.78 is 5.05. The lowest BCUT2D eigenvalue weighted by atomic mass is 10.00. The van der Waals surface area contributed by atoms with E-state index < -0.39 is 30.6 Å². The zero-order chi connectivity index (χ0) is 21.3. The largest absolute Gasteiger partial charge is 0.481 e. The molecule has 4 rings (SSSR count). The van der Waals surface area contributed by atoms with Gasteiger partial charge in [-0.15, -0.1) is 0 Å². The summed E-state index contributed by atoms with van der Waals surface area (Å²) in [4.78, 5) is 41.0. The maximum atomic E-state index is 13.3. The molecular weight excluding hydrogens is 384 g/mol. The number of hydrogen-bond acceptors (Lipinski definition) is 4. The van der Waals surface area contributed by atoms with E-state index in [1.165, 1.54) is 12.0 Å². The minimum absolute atomic E-state index is 0.345. The molecule has 2 aromatic rings. The predicted molar refractivity (Wildman–Crippen MR) is 110 cm³/mol. The number of aliphatic carboxylic acids is 1. The molecule has 1 atom stereocenters. The second-order valence-corrected chi connectivity index (χ2v) is 7.60. The first kappa shape index (κ1) is 19.9. The van der Waals surface area contributed by atoms with E-state index in [2.05, 4.69) is 0 Å². The number of carbonyl (C=O) groups excluding carboxylic acids is 2. The molecule has 7 nitrogen and oxygen atoms in total. The Balaban J connectivity index is 1.84. The van der Waals surface area contributed by atoms with E-state index in [0.717, 1.165) is 35.1 Å². The Hall–Kier alpha value is -3.35. The van der Waals surface area contributed by atoms with E-state index in [4.69, 9.17) is 4.74 Å². The van der Waals surface area contributed by atoms with Crippen LogP contribution in [0.15, 0.2) is 48.5 Å². The minimum Gasteiger partial charge on any atom is -0.481 e. The van der Waals surface area contributed by atoms with Gasteiger partial charge in [-0.3, -0.25) is 14.5 Å². The molecule has 1 heterocycles. The van der Waals surface area contributed by atoms with Gasteiger partial charge in [-0.25, -0.2) is 4.79 Å². The fourth-order valence-electron chi connectivity index (χ4n) is 4.56. The Bertz CT molecular complexity index is 938.